The van der Waals surface area contributed by atoms with Gasteiger partial charge in [-0.15, -0.1) is 0 Å². The Kier molecular flexibility index (Phi) is 7.02. The lowest BCUT2D eigenvalue weighted by molar-refractivity contribution is -0.138. The van der Waals surface area contributed by atoms with E-state index in [9.17, 15) is 14.7 Å². The summed E-state index contributed by atoms with van der Waals surface area (Å²) in [5.74, 6) is -0.673. The summed E-state index contributed by atoms with van der Waals surface area (Å²) in [5, 5.41) is 12.1. The molecule has 0 fully saturated rings. The van der Waals surface area contributed by atoms with Crippen molar-refractivity contribution in [2.45, 2.75) is 18.8 Å². The number of benzene rings is 2. The zero-order chi connectivity index (χ0) is 18.9. The van der Waals surface area contributed by atoms with Crippen molar-refractivity contribution in [3.05, 3.63) is 59.7 Å². The van der Waals surface area contributed by atoms with E-state index in [0.29, 0.717) is 23.5 Å². The quantitative estimate of drug-likeness (QED) is 0.721. The molecular formula is C20H23NO5. The molecule has 0 radical (unpaired) electrons. The maximum Gasteiger partial charge on any atom is 0.312 e. The SMILES string of the molecule is COc1ccc(CCC(=O)NCC(C(=O)O)c2ccccc2)cc1OC. The minimum absolute atomic E-state index is 0.0596. The lowest BCUT2D eigenvalue weighted by Gasteiger charge is -2.14. The van der Waals surface area contributed by atoms with E-state index in [1.165, 1.54) is 0 Å². The van der Waals surface area contributed by atoms with Crippen molar-refractivity contribution in [2.75, 3.05) is 20.8 Å². The van der Waals surface area contributed by atoms with Crippen LogP contribution in [0.1, 0.15) is 23.5 Å². The number of carbonyl (C=O) groups excluding carboxylic acids is 1. The second-order valence-corrected chi connectivity index (χ2v) is 5.79. The summed E-state index contributed by atoms with van der Waals surface area (Å²) in [6.45, 7) is 0.0596. The minimum atomic E-state index is -0.962. The molecule has 0 saturated carbocycles. The molecule has 0 aliphatic rings. The number of hydrogen-bond donors (Lipinski definition) is 2. The third kappa shape index (κ3) is 5.24. The van der Waals surface area contributed by atoms with Gasteiger partial charge in [-0.05, 0) is 29.7 Å². The number of carboxylic acid groups (broad SMARTS) is 1. The van der Waals surface area contributed by atoms with Crippen molar-refractivity contribution in [3.63, 3.8) is 0 Å². The molecule has 1 atom stereocenters. The predicted octanol–water partition coefficient (Wildman–Crippen LogP) is 2.62. The largest absolute Gasteiger partial charge is 0.493 e. The van der Waals surface area contributed by atoms with Crippen molar-refractivity contribution < 1.29 is 24.2 Å². The highest BCUT2D eigenvalue weighted by atomic mass is 16.5. The summed E-state index contributed by atoms with van der Waals surface area (Å²) in [4.78, 5) is 23.5. The number of ether oxygens (including phenoxy) is 2. The lowest BCUT2D eigenvalue weighted by atomic mass is 9.99. The molecule has 1 unspecified atom stereocenters. The van der Waals surface area contributed by atoms with Crippen molar-refractivity contribution in [1.29, 1.82) is 0 Å². The molecule has 0 aliphatic carbocycles. The highest BCUT2D eigenvalue weighted by Crippen LogP contribution is 2.27. The van der Waals surface area contributed by atoms with Crippen molar-refractivity contribution in [1.82, 2.24) is 5.32 Å². The summed E-state index contributed by atoms with van der Waals surface area (Å²) in [7, 11) is 3.13. The third-order valence-corrected chi connectivity index (χ3v) is 4.09. The van der Waals surface area contributed by atoms with E-state index in [1.807, 2.05) is 18.2 Å². The van der Waals surface area contributed by atoms with Gasteiger partial charge in [0.05, 0.1) is 20.1 Å². The van der Waals surface area contributed by atoms with Crippen LogP contribution < -0.4 is 14.8 Å². The van der Waals surface area contributed by atoms with Crippen LogP contribution in [0.5, 0.6) is 11.5 Å². The van der Waals surface area contributed by atoms with E-state index < -0.39 is 11.9 Å². The van der Waals surface area contributed by atoms with E-state index in [1.54, 1.807) is 44.6 Å². The van der Waals surface area contributed by atoms with Gasteiger partial charge in [0.1, 0.15) is 0 Å². The Labute approximate surface area is 152 Å². The zero-order valence-corrected chi connectivity index (χ0v) is 14.9. The second-order valence-electron chi connectivity index (χ2n) is 5.79. The van der Waals surface area contributed by atoms with Gasteiger partial charge in [-0.25, -0.2) is 0 Å². The number of carbonyl (C=O) groups is 2. The Morgan fingerprint density at radius 1 is 1.04 bits per heavy atom. The van der Waals surface area contributed by atoms with Crippen LogP contribution in [0.25, 0.3) is 0 Å². The van der Waals surface area contributed by atoms with E-state index in [-0.39, 0.29) is 18.9 Å². The Hall–Kier alpha value is -3.02. The predicted molar refractivity (Wildman–Crippen MR) is 97.7 cm³/mol. The molecule has 2 rings (SSSR count). The minimum Gasteiger partial charge on any atom is -0.493 e. The van der Waals surface area contributed by atoms with E-state index in [2.05, 4.69) is 5.32 Å². The number of carboxylic acids is 1. The molecule has 0 aliphatic heterocycles. The Morgan fingerprint density at radius 3 is 2.35 bits per heavy atom. The van der Waals surface area contributed by atoms with Gasteiger partial charge < -0.3 is 19.9 Å². The first kappa shape index (κ1) is 19.3. The van der Waals surface area contributed by atoms with E-state index in [4.69, 9.17) is 9.47 Å². The third-order valence-electron chi connectivity index (χ3n) is 4.09. The molecule has 0 spiro atoms. The summed E-state index contributed by atoms with van der Waals surface area (Å²) < 4.78 is 10.4. The van der Waals surface area contributed by atoms with Crippen LogP contribution in [-0.4, -0.2) is 37.7 Å². The van der Waals surface area contributed by atoms with Gasteiger partial charge in [0, 0.05) is 13.0 Å². The number of aryl methyl sites for hydroxylation is 1. The summed E-state index contributed by atoms with van der Waals surface area (Å²) >= 11 is 0. The Morgan fingerprint density at radius 2 is 1.73 bits per heavy atom. The number of rotatable bonds is 9. The van der Waals surface area contributed by atoms with Crippen LogP contribution in [-0.2, 0) is 16.0 Å². The Balaban J connectivity index is 1.89. The summed E-state index contributed by atoms with van der Waals surface area (Å²) in [5.41, 5.74) is 1.61. The molecule has 0 bridgehead atoms. The first-order valence-electron chi connectivity index (χ1n) is 8.30. The van der Waals surface area contributed by atoms with Gasteiger partial charge in [-0.3, -0.25) is 9.59 Å². The van der Waals surface area contributed by atoms with Gasteiger partial charge in [0.15, 0.2) is 11.5 Å². The molecule has 1 amide bonds. The number of methoxy groups -OCH3 is 2. The van der Waals surface area contributed by atoms with Crippen molar-refractivity contribution in [2.24, 2.45) is 0 Å². The molecule has 2 N–H and O–H groups in total. The molecule has 6 nitrogen and oxygen atoms in total. The molecule has 138 valence electrons. The summed E-state index contributed by atoms with van der Waals surface area (Å²) in [6.07, 6.45) is 0.784. The molecule has 0 saturated heterocycles. The topological polar surface area (TPSA) is 84.9 Å². The lowest BCUT2D eigenvalue weighted by Crippen LogP contribution is -2.31. The monoisotopic (exact) mass is 357 g/mol. The number of hydrogen-bond acceptors (Lipinski definition) is 4. The first-order valence-corrected chi connectivity index (χ1v) is 8.30. The number of amides is 1. The van der Waals surface area contributed by atoms with Crippen LogP contribution in [0.15, 0.2) is 48.5 Å². The molecule has 2 aromatic rings. The van der Waals surface area contributed by atoms with Crippen molar-refractivity contribution >= 4 is 11.9 Å². The van der Waals surface area contributed by atoms with Gasteiger partial charge in [0.25, 0.3) is 0 Å². The van der Waals surface area contributed by atoms with Crippen LogP contribution in [0.4, 0.5) is 0 Å². The molecule has 0 aromatic heterocycles. The number of nitrogens with one attached hydrogen (secondary N) is 1. The molecule has 6 heteroatoms. The zero-order valence-electron chi connectivity index (χ0n) is 14.9. The Bertz CT molecular complexity index is 745. The fraction of sp³-hybridized carbons (Fsp3) is 0.300. The van der Waals surface area contributed by atoms with Crippen molar-refractivity contribution in [3.8, 4) is 11.5 Å². The van der Waals surface area contributed by atoms with E-state index >= 15 is 0 Å². The molecule has 2 aromatic carbocycles. The number of aliphatic carboxylic acids is 1. The second kappa shape index (κ2) is 9.46. The highest BCUT2D eigenvalue weighted by molar-refractivity contribution is 5.80. The molecule has 26 heavy (non-hydrogen) atoms. The van der Waals surface area contributed by atoms with Crippen LogP contribution >= 0.6 is 0 Å². The van der Waals surface area contributed by atoms with Crippen LogP contribution in [0, 0.1) is 0 Å². The highest BCUT2D eigenvalue weighted by Gasteiger charge is 2.20. The summed E-state index contributed by atoms with van der Waals surface area (Å²) in [6, 6.07) is 14.4. The maximum atomic E-state index is 12.1. The molecule has 0 heterocycles. The van der Waals surface area contributed by atoms with E-state index in [0.717, 1.165) is 5.56 Å². The van der Waals surface area contributed by atoms with Crippen LogP contribution in [0.2, 0.25) is 0 Å². The fourth-order valence-electron chi connectivity index (χ4n) is 2.63. The standard InChI is InChI=1S/C20H23NO5/c1-25-17-10-8-14(12-18(17)26-2)9-11-19(22)21-13-16(20(23)24)15-6-4-3-5-7-15/h3-8,10,12,16H,9,11,13H2,1-2H3,(H,21,22)(H,23,24). The fourth-order valence-corrected chi connectivity index (χ4v) is 2.63. The van der Waals surface area contributed by atoms with Gasteiger partial charge in [-0.2, -0.15) is 0 Å². The average molecular weight is 357 g/mol. The van der Waals surface area contributed by atoms with Gasteiger partial charge in [0.2, 0.25) is 5.91 Å². The van der Waals surface area contributed by atoms with Gasteiger partial charge >= 0.3 is 5.97 Å². The normalized spacial score (nSPS) is 11.5. The first-order chi connectivity index (χ1) is 12.5. The van der Waals surface area contributed by atoms with Gasteiger partial charge in [-0.1, -0.05) is 36.4 Å². The smallest absolute Gasteiger partial charge is 0.312 e. The average Bonchev–Trinajstić information content (AvgIpc) is 2.66. The molecular weight excluding hydrogens is 334 g/mol. The van der Waals surface area contributed by atoms with Crippen LogP contribution in [0.3, 0.4) is 0 Å². The maximum absolute atomic E-state index is 12.1.